The lowest BCUT2D eigenvalue weighted by Crippen LogP contribution is -2.25. The molecule has 1 N–H and O–H groups in total. The van der Waals surface area contributed by atoms with Gasteiger partial charge in [0.05, 0.1) is 6.04 Å². The molecule has 2 unspecified atom stereocenters. The fourth-order valence-electron chi connectivity index (χ4n) is 2.18. The van der Waals surface area contributed by atoms with Crippen molar-refractivity contribution in [3.63, 3.8) is 0 Å². The number of hydrogen-bond acceptors (Lipinski definition) is 2. The van der Waals surface area contributed by atoms with E-state index in [4.69, 9.17) is 0 Å². The first-order chi connectivity index (χ1) is 8.99. The molecule has 0 bridgehead atoms. The topological polar surface area (TPSA) is 29.9 Å². The van der Waals surface area contributed by atoms with Crippen LogP contribution < -0.4 is 5.32 Å². The van der Waals surface area contributed by atoms with Gasteiger partial charge in [-0.1, -0.05) is 0 Å². The Balaban J connectivity index is 2.15. The van der Waals surface area contributed by atoms with Crippen molar-refractivity contribution in [1.29, 1.82) is 0 Å². The summed E-state index contributed by atoms with van der Waals surface area (Å²) in [6.45, 7) is 3.74. The molecule has 19 heavy (non-hydrogen) atoms. The van der Waals surface area contributed by atoms with E-state index in [0.29, 0.717) is 5.56 Å². The highest BCUT2D eigenvalue weighted by Gasteiger charge is 2.17. The van der Waals surface area contributed by atoms with Crippen LogP contribution in [-0.2, 0) is 7.05 Å². The molecular formula is C14H17F2N3. The minimum Gasteiger partial charge on any atom is -0.337 e. The average Bonchev–Trinajstić information content (AvgIpc) is 2.78. The van der Waals surface area contributed by atoms with Crippen LogP contribution in [0.3, 0.4) is 0 Å². The minimum atomic E-state index is -0.435. The van der Waals surface area contributed by atoms with Crippen LogP contribution in [-0.4, -0.2) is 9.55 Å². The maximum atomic E-state index is 13.7. The normalized spacial score (nSPS) is 14.4. The van der Waals surface area contributed by atoms with Gasteiger partial charge >= 0.3 is 0 Å². The first kappa shape index (κ1) is 13.7. The molecule has 0 saturated carbocycles. The molecule has 3 nitrogen and oxygen atoms in total. The number of benzene rings is 1. The van der Waals surface area contributed by atoms with Crippen LogP contribution in [0.2, 0.25) is 0 Å². The second kappa shape index (κ2) is 5.48. The summed E-state index contributed by atoms with van der Waals surface area (Å²) in [6, 6.07) is 3.13. The SMILES string of the molecule is CC(NC(C)c1nccn1C)c1cc(F)ccc1F. The number of rotatable bonds is 4. The van der Waals surface area contributed by atoms with E-state index in [1.54, 1.807) is 13.1 Å². The summed E-state index contributed by atoms with van der Waals surface area (Å²) in [6.07, 6.45) is 3.56. The van der Waals surface area contributed by atoms with Gasteiger partial charge in [-0.3, -0.25) is 0 Å². The van der Waals surface area contributed by atoms with Crippen molar-refractivity contribution in [2.24, 2.45) is 7.05 Å². The van der Waals surface area contributed by atoms with Crippen molar-refractivity contribution in [2.45, 2.75) is 25.9 Å². The average molecular weight is 265 g/mol. The highest BCUT2D eigenvalue weighted by atomic mass is 19.1. The maximum absolute atomic E-state index is 13.7. The van der Waals surface area contributed by atoms with Crippen LogP contribution in [0.25, 0.3) is 0 Å². The van der Waals surface area contributed by atoms with Crippen molar-refractivity contribution < 1.29 is 8.78 Å². The number of nitrogens with one attached hydrogen (secondary N) is 1. The Hall–Kier alpha value is -1.75. The number of aryl methyl sites for hydroxylation is 1. The smallest absolute Gasteiger partial charge is 0.128 e. The van der Waals surface area contributed by atoms with Crippen molar-refractivity contribution in [3.8, 4) is 0 Å². The largest absolute Gasteiger partial charge is 0.337 e. The Morgan fingerprint density at radius 2 is 1.95 bits per heavy atom. The lowest BCUT2D eigenvalue weighted by atomic mass is 10.1. The van der Waals surface area contributed by atoms with E-state index in [2.05, 4.69) is 10.3 Å². The van der Waals surface area contributed by atoms with Crippen LogP contribution in [0, 0.1) is 11.6 Å². The molecule has 0 saturated heterocycles. The number of halogens is 2. The van der Waals surface area contributed by atoms with Gasteiger partial charge in [-0.2, -0.15) is 0 Å². The third-order valence-electron chi connectivity index (χ3n) is 3.17. The van der Waals surface area contributed by atoms with Gasteiger partial charge in [0.2, 0.25) is 0 Å². The van der Waals surface area contributed by atoms with Gasteiger partial charge < -0.3 is 9.88 Å². The van der Waals surface area contributed by atoms with Gasteiger partial charge in [0, 0.05) is 31.0 Å². The predicted octanol–water partition coefficient (Wildman–Crippen LogP) is 3.11. The third kappa shape index (κ3) is 2.98. The van der Waals surface area contributed by atoms with Crippen molar-refractivity contribution in [3.05, 3.63) is 53.6 Å². The molecule has 1 aromatic carbocycles. The molecule has 1 aromatic heterocycles. The summed E-state index contributed by atoms with van der Waals surface area (Å²) in [5, 5.41) is 3.22. The molecule has 5 heteroatoms. The highest BCUT2D eigenvalue weighted by molar-refractivity contribution is 5.22. The molecule has 0 radical (unpaired) electrons. The lowest BCUT2D eigenvalue weighted by molar-refractivity contribution is 0.449. The summed E-state index contributed by atoms with van der Waals surface area (Å²) in [4.78, 5) is 4.24. The molecule has 0 fully saturated rings. The monoisotopic (exact) mass is 265 g/mol. The minimum absolute atomic E-state index is 0.0577. The maximum Gasteiger partial charge on any atom is 0.128 e. The van der Waals surface area contributed by atoms with Crippen molar-refractivity contribution >= 4 is 0 Å². The summed E-state index contributed by atoms with van der Waals surface area (Å²) < 4.78 is 28.7. The molecule has 2 atom stereocenters. The standard InChI is InChI=1S/C14H17F2N3/c1-9(12-8-11(15)4-5-13(12)16)18-10(2)14-17-6-7-19(14)3/h4-10,18H,1-3H3. The quantitative estimate of drug-likeness (QED) is 0.920. The fraction of sp³-hybridized carbons (Fsp3) is 0.357. The molecule has 2 aromatic rings. The van der Waals surface area contributed by atoms with Crippen LogP contribution in [0.4, 0.5) is 8.78 Å². The molecule has 0 spiro atoms. The second-order valence-corrected chi connectivity index (χ2v) is 4.67. The molecule has 2 rings (SSSR count). The Morgan fingerprint density at radius 3 is 2.58 bits per heavy atom. The van der Waals surface area contributed by atoms with E-state index in [1.807, 2.05) is 24.7 Å². The second-order valence-electron chi connectivity index (χ2n) is 4.67. The highest BCUT2D eigenvalue weighted by Crippen LogP contribution is 2.21. The van der Waals surface area contributed by atoms with E-state index >= 15 is 0 Å². The number of imidazole rings is 1. The van der Waals surface area contributed by atoms with Crippen LogP contribution >= 0.6 is 0 Å². The molecule has 0 aliphatic rings. The number of hydrogen-bond donors (Lipinski definition) is 1. The van der Waals surface area contributed by atoms with Gasteiger partial charge in [-0.25, -0.2) is 13.8 Å². The van der Waals surface area contributed by atoms with E-state index in [9.17, 15) is 8.78 Å². The molecule has 1 heterocycles. The summed E-state index contributed by atoms with van der Waals surface area (Å²) in [7, 11) is 1.90. The van der Waals surface area contributed by atoms with Crippen LogP contribution in [0.15, 0.2) is 30.6 Å². The van der Waals surface area contributed by atoms with Crippen LogP contribution in [0.1, 0.15) is 37.3 Å². The van der Waals surface area contributed by atoms with Gasteiger partial charge in [0.25, 0.3) is 0 Å². The van der Waals surface area contributed by atoms with Gasteiger partial charge in [-0.05, 0) is 32.0 Å². The van der Waals surface area contributed by atoms with E-state index in [0.717, 1.165) is 18.0 Å². The number of aromatic nitrogens is 2. The van der Waals surface area contributed by atoms with Gasteiger partial charge in [0.15, 0.2) is 0 Å². The predicted molar refractivity (Wildman–Crippen MR) is 69.5 cm³/mol. The van der Waals surface area contributed by atoms with E-state index < -0.39 is 11.6 Å². The van der Waals surface area contributed by atoms with Gasteiger partial charge in [0.1, 0.15) is 17.5 Å². The fourth-order valence-corrected chi connectivity index (χ4v) is 2.18. The van der Waals surface area contributed by atoms with Crippen molar-refractivity contribution in [1.82, 2.24) is 14.9 Å². The first-order valence-corrected chi connectivity index (χ1v) is 6.17. The summed E-state index contributed by atoms with van der Waals surface area (Å²) >= 11 is 0. The Morgan fingerprint density at radius 1 is 1.21 bits per heavy atom. The van der Waals surface area contributed by atoms with Gasteiger partial charge in [-0.15, -0.1) is 0 Å². The molecule has 0 aliphatic heterocycles. The zero-order valence-corrected chi connectivity index (χ0v) is 11.2. The first-order valence-electron chi connectivity index (χ1n) is 6.17. The number of nitrogens with zero attached hydrogens (tertiary/aromatic N) is 2. The van der Waals surface area contributed by atoms with Crippen LogP contribution in [0.5, 0.6) is 0 Å². The summed E-state index contributed by atoms with van der Waals surface area (Å²) in [5.74, 6) is 0.00629. The summed E-state index contributed by atoms with van der Waals surface area (Å²) in [5.41, 5.74) is 0.320. The third-order valence-corrected chi connectivity index (χ3v) is 3.17. The Labute approximate surface area is 111 Å². The van der Waals surface area contributed by atoms with E-state index in [-0.39, 0.29) is 12.1 Å². The molecule has 0 amide bonds. The Bertz CT molecular complexity index is 566. The zero-order chi connectivity index (χ0) is 14.0. The molecule has 102 valence electrons. The lowest BCUT2D eigenvalue weighted by Gasteiger charge is -2.20. The van der Waals surface area contributed by atoms with Crippen molar-refractivity contribution in [2.75, 3.05) is 0 Å². The molecular weight excluding hydrogens is 248 g/mol. The molecule has 0 aliphatic carbocycles. The Kier molecular flexibility index (Phi) is 3.95. The van der Waals surface area contributed by atoms with E-state index in [1.165, 1.54) is 6.07 Å². The zero-order valence-electron chi connectivity index (χ0n) is 11.2.